The number of ether oxygens (including phenoxy) is 1. The Morgan fingerprint density at radius 3 is 3.04 bits per heavy atom. The monoisotopic (exact) mass is 349 g/mol. The van der Waals surface area contributed by atoms with Crippen LogP contribution < -0.4 is 10.1 Å². The Morgan fingerprint density at radius 1 is 1.39 bits per heavy atom. The quantitative estimate of drug-likeness (QED) is 0.638. The van der Waals surface area contributed by atoms with E-state index in [-0.39, 0.29) is 5.91 Å². The van der Waals surface area contributed by atoms with Gasteiger partial charge in [0.1, 0.15) is 5.75 Å². The second kappa shape index (κ2) is 7.31. The normalized spacial score (nSPS) is 14.3. The lowest BCUT2D eigenvalue weighted by molar-refractivity contribution is -0.122. The molecule has 1 aliphatic carbocycles. The van der Waals surface area contributed by atoms with Gasteiger partial charge in [-0.3, -0.25) is 10.1 Å². The van der Waals surface area contributed by atoms with Crippen LogP contribution in [0.1, 0.15) is 31.4 Å². The van der Waals surface area contributed by atoms with Gasteiger partial charge in [-0.15, -0.1) is 10.2 Å². The number of benzene rings is 1. The topological polar surface area (TPSA) is 64.1 Å². The van der Waals surface area contributed by atoms with Gasteiger partial charge < -0.3 is 4.74 Å². The molecule has 1 aromatic heterocycles. The number of carbonyl (C=O) groups excluding carboxylic acids is 1. The number of carbonyl (C=O) groups is 1. The van der Waals surface area contributed by atoms with Crippen LogP contribution in [-0.2, 0) is 17.6 Å². The maximum atomic E-state index is 12.2. The van der Waals surface area contributed by atoms with Crippen LogP contribution in [0.2, 0.25) is 0 Å². The summed E-state index contributed by atoms with van der Waals surface area (Å²) < 4.78 is 6.62. The molecule has 0 radical (unpaired) electrons. The molecule has 1 heterocycles. The molecule has 0 bridgehead atoms. The average Bonchev–Trinajstić information content (AvgIpc) is 3.16. The standard InChI is InChI=1S/C16H19N3O2S2/c1-3-22-16-19-18-15(23-16)17-14(20)10(2)21-13-8-7-11-5-4-6-12(11)9-13/h7-10H,3-6H2,1-2H3,(H,17,18,20)/t10-/m1/s1. The van der Waals surface area contributed by atoms with E-state index in [0.717, 1.165) is 28.7 Å². The number of nitrogens with zero attached hydrogens (tertiary/aromatic N) is 2. The first kappa shape index (κ1) is 16.3. The van der Waals surface area contributed by atoms with Crippen molar-refractivity contribution in [3.63, 3.8) is 0 Å². The maximum absolute atomic E-state index is 12.2. The molecule has 0 unspecified atom stereocenters. The van der Waals surface area contributed by atoms with Crippen molar-refractivity contribution in [1.29, 1.82) is 0 Å². The summed E-state index contributed by atoms with van der Waals surface area (Å²) in [4.78, 5) is 12.2. The van der Waals surface area contributed by atoms with E-state index in [2.05, 4.69) is 28.5 Å². The number of aromatic nitrogens is 2. The Hall–Kier alpha value is -1.60. The second-order valence-corrected chi connectivity index (χ2v) is 7.83. The molecule has 1 amide bonds. The highest BCUT2D eigenvalue weighted by molar-refractivity contribution is 8.01. The average molecular weight is 349 g/mol. The molecule has 0 saturated carbocycles. The Kier molecular flexibility index (Phi) is 5.17. The predicted octanol–water partition coefficient (Wildman–Crippen LogP) is 3.54. The summed E-state index contributed by atoms with van der Waals surface area (Å²) in [6.07, 6.45) is 2.85. The van der Waals surface area contributed by atoms with Gasteiger partial charge in [0.25, 0.3) is 5.91 Å². The zero-order valence-corrected chi connectivity index (χ0v) is 14.8. The smallest absolute Gasteiger partial charge is 0.266 e. The van der Waals surface area contributed by atoms with Crippen molar-refractivity contribution in [1.82, 2.24) is 10.2 Å². The summed E-state index contributed by atoms with van der Waals surface area (Å²) in [5, 5.41) is 11.3. The van der Waals surface area contributed by atoms with Crippen molar-refractivity contribution < 1.29 is 9.53 Å². The summed E-state index contributed by atoms with van der Waals surface area (Å²) in [6.45, 7) is 3.79. The van der Waals surface area contributed by atoms with Crippen molar-refractivity contribution >= 4 is 34.1 Å². The van der Waals surface area contributed by atoms with E-state index in [1.54, 1.807) is 18.7 Å². The predicted molar refractivity (Wildman–Crippen MR) is 93.5 cm³/mol. The van der Waals surface area contributed by atoms with Crippen LogP contribution in [0.5, 0.6) is 5.75 Å². The van der Waals surface area contributed by atoms with Crippen molar-refractivity contribution in [3.8, 4) is 5.75 Å². The lowest BCUT2D eigenvalue weighted by Crippen LogP contribution is -2.30. The molecule has 1 aliphatic rings. The van der Waals surface area contributed by atoms with Crippen LogP contribution in [0.3, 0.4) is 0 Å². The Balaban J connectivity index is 1.58. The molecule has 23 heavy (non-hydrogen) atoms. The fourth-order valence-corrected chi connectivity index (χ4v) is 4.18. The molecular weight excluding hydrogens is 330 g/mol. The van der Waals surface area contributed by atoms with Gasteiger partial charge in [0.15, 0.2) is 10.4 Å². The van der Waals surface area contributed by atoms with Crippen LogP contribution >= 0.6 is 23.1 Å². The zero-order valence-electron chi connectivity index (χ0n) is 13.2. The third kappa shape index (κ3) is 4.03. The minimum Gasteiger partial charge on any atom is -0.481 e. The minimum absolute atomic E-state index is 0.213. The van der Waals surface area contributed by atoms with Gasteiger partial charge in [-0.05, 0) is 55.2 Å². The lowest BCUT2D eigenvalue weighted by atomic mass is 10.1. The van der Waals surface area contributed by atoms with Crippen molar-refractivity contribution in [2.75, 3.05) is 11.1 Å². The molecule has 0 aliphatic heterocycles. The molecule has 7 heteroatoms. The molecule has 3 rings (SSSR count). The number of thioether (sulfide) groups is 1. The van der Waals surface area contributed by atoms with Crippen LogP contribution in [-0.4, -0.2) is 28.0 Å². The summed E-state index contributed by atoms with van der Waals surface area (Å²) in [5.41, 5.74) is 2.73. The van der Waals surface area contributed by atoms with E-state index in [4.69, 9.17) is 4.74 Å². The van der Waals surface area contributed by atoms with Gasteiger partial charge in [-0.1, -0.05) is 36.1 Å². The third-order valence-corrected chi connectivity index (χ3v) is 5.51. The van der Waals surface area contributed by atoms with Gasteiger partial charge in [0.05, 0.1) is 0 Å². The number of fused-ring (bicyclic) bond motifs is 1. The third-order valence-electron chi connectivity index (χ3n) is 3.66. The van der Waals surface area contributed by atoms with Crippen LogP contribution in [0.25, 0.3) is 0 Å². The number of hydrogen-bond donors (Lipinski definition) is 1. The highest BCUT2D eigenvalue weighted by Crippen LogP contribution is 2.27. The van der Waals surface area contributed by atoms with Gasteiger partial charge >= 0.3 is 0 Å². The molecule has 1 N–H and O–H groups in total. The minimum atomic E-state index is -0.583. The Labute approximate surface area is 143 Å². The Morgan fingerprint density at radius 2 is 2.22 bits per heavy atom. The first-order valence-electron chi connectivity index (χ1n) is 7.71. The molecule has 0 fully saturated rings. The van der Waals surface area contributed by atoms with E-state index in [9.17, 15) is 4.79 Å². The maximum Gasteiger partial charge on any atom is 0.266 e. The number of rotatable bonds is 6. The van der Waals surface area contributed by atoms with Crippen LogP contribution in [0.4, 0.5) is 5.13 Å². The number of nitrogens with one attached hydrogen (secondary N) is 1. The largest absolute Gasteiger partial charge is 0.481 e. The zero-order chi connectivity index (χ0) is 16.2. The van der Waals surface area contributed by atoms with Crippen molar-refractivity contribution in [3.05, 3.63) is 29.3 Å². The summed E-state index contributed by atoms with van der Waals surface area (Å²) in [7, 11) is 0. The highest BCUT2D eigenvalue weighted by atomic mass is 32.2. The Bertz CT molecular complexity index is 702. The lowest BCUT2D eigenvalue weighted by Gasteiger charge is -2.14. The fraction of sp³-hybridized carbons (Fsp3) is 0.438. The van der Waals surface area contributed by atoms with Crippen molar-refractivity contribution in [2.45, 2.75) is 43.6 Å². The number of hydrogen-bond acceptors (Lipinski definition) is 6. The first-order chi connectivity index (χ1) is 11.2. The summed E-state index contributed by atoms with van der Waals surface area (Å²) in [6, 6.07) is 6.09. The van der Waals surface area contributed by atoms with E-state index in [0.29, 0.717) is 5.13 Å². The molecule has 1 aromatic carbocycles. The van der Waals surface area contributed by atoms with Crippen LogP contribution in [0.15, 0.2) is 22.5 Å². The van der Waals surface area contributed by atoms with Crippen molar-refractivity contribution in [2.24, 2.45) is 0 Å². The van der Waals surface area contributed by atoms with E-state index in [1.165, 1.54) is 28.9 Å². The second-order valence-electron chi connectivity index (χ2n) is 5.34. The molecule has 1 atom stereocenters. The van der Waals surface area contributed by atoms with Gasteiger partial charge in [0, 0.05) is 0 Å². The molecular formula is C16H19N3O2S2. The van der Waals surface area contributed by atoms with Gasteiger partial charge in [0.2, 0.25) is 5.13 Å². The van der Waals surface area contributed by atoms with E-state index >= 15 is 0 Å². The SMILES string of the molecule is CCSc1nnc(NC(=O)[C@@H](C)Oc2ccc3c(c2)CCC3)s1. The van der Waals surface area contributed by atoms with Gasteiger partial charge in [-0.25, -0.2) is 0 Å². The highest BCUT2D eigenvalue weighted by Gasteiger charge is 2.18. The summed E-state index contributed by atoms with van der Waals surface area (Å²) >= 11 is 2.99. The summed E-state index contributed by atoms with van der Waals surface area (Å²) in [5.74, 6) is 1.46. The fourth-order valence-electron chi connectivity index (χ4n) is 2.53. The molecule has 2 aromatic rings. The van der Waals surface area contributed by atoms with Gasteiger partial charge in [-0.2, -0.15) is 0 Å². The van der Waals surface area contributed by atoms with Crippen LogP contribution in [0, 0.1) is 0 Å². The number of anilines is 1. The first-order valence-corrected chi connectivity index (χ1v) is 9.51. The van der Waals surface area contributed by atoms with E-state index in [1.807, 2.05) is 12.1 Å². The number of amides is 1. The molecule has 0 spiro atoms. The molecule has 5 nitrogen and oxygen atoms in total. The molecule has 122 valence electrons. The molecule has 0 saturated heterocycles. The number of aryl methyl sites for hydroxylation is 2. The van der Waals surface area contributed by atoms with E-state index < -0.39 is 6.10 Å².